The normalized spacial score (nSPS) is 19.7. The highest BCUT2D eigenvalue weighted by molar-refractivity contribution is 7.12. The smallest absolute Gasteiger partial charge is 0.322 e. The van der Waals surface area contributed by atoms with Gasteiger partial charge in [0.2, 0.25) is 5.91 Å². The molecule has 1 aromatic heterocycles. The van der Waals surface area contributed by atoms with Crippen LogP contribution < -0.4 is 10.6 Å². The zero-order chi connectivity index (χ0) is 16.6. The number of carbonyl (C=O) groups excluding carboxylic acids is 3. The Bertz CT molecular complexity index is 631. The summed E-state index contributed by atoms with van der Waals surface area (Å²) in [4.78, 5) is 39.7. The van der Waals surface area contributed by atoms with Crippen molar-refractivity contribution in [2.75, 3.05) is 0 Å². The van der Waals surface area contributed by atoms with E-state index in [2.05, 4.69) is 16.7 Å². The van der Waals surface area contributed by atoms with E-state index in [0.717, 1.165) is 12.8 Å². The number of hydrogen-bond acceptors (Lipinski definition) is 4. The fourth-order valence-electron chi connectivity index (χ4n) is 3.09. The van der Waals surface area contributed by atoms with Crippen LogP contribution >= 0.6 is 11.3 Å². The van der Waals surface area contributed by atoms with Gasteiger partial charge in [-0.25, -0.2) is 4.79 Å². The molecule has 0 bridgehead atoms. The highest BCUT2D eigenvalue weighted by atomic mass is 32.1. The van der Waals surface area contributed by atoms with E-state index in [0.29, 0.717) is 6.54 Å². The number of carbonyl (C=O) groups is 3. The van der Waals surface area contributed by atoms with E-state index in [9.17, 15) is 14.4 Å². The third-order valence-corrected chi connectivity index (χ3v) is 5.53. The lowest BCUT2D eigenvalue weighted by Gasteiger charge is -2.27. The maximum Gasteiger partial charge on any atom is 0.322 e. The lowest BCUT2D eigenvalue weighted by atomic mass is 10.1. The lowest BCUT2D eigenvalue weighted by molar-refractivity contribution is -0.136. The average molecular weight is 335 g/mol. The SMILES string of the molecule is CC(C)N(Cc1cc2c(s1)CCC2)C(=O)C[C@H]1NC(=O)NC1=O. The molecule has 124 valence electrons. The molecule has 3 rings (SSSR count). The lowest BCUT2D eigenvalue weighted by Crippen LogP contribution is -2.41. The molecule has 2 N–H and O–H groups in total. The average Bonchev–Trinajstić information content (AvgIpc) is 3.11. The van der Waals surface area contributed by atoms with Gasteiger partial charge in [0.15, 0.2) is 0 Å². The molecule has 1 atom stereocenters. The van der Waals surface area contributed by atoms with Crippen LogP contribution in [0.25, 0.3) is 0 Å². The first-order valence-electron chi connectivity index (χ1n) is 7.95. The van der Waals surface area contributed by atoms with E-state index < -0.39 is 18.0 Å². The molecule has 0 spiro atoms. The molecular weight excluding hydrogens is 314 g/mol. The number of nitrogens with one attached hydrogen (secondary N) is 2. The highest BCUT2D eigenvalue weighted by Crippen LogP contribution is 2.31. The molecule has 7 heteroatoms. The van der Waals surface area contributed by atoms with Gasteiger partial charge >= 0.3 is 6.03 Å². The molecule has 0 saturated carbocycles. The quantitative estimate of drug-likeness (QED) is 0.802. The Balaban J connectivity index is 1.66. The first kappa shape index (κ1) is 16.0. The standard InChI is InChI=1S/C16H21N3O3S/c1-9(2)19(8-11-6-10-4-3-5-13(10)23-11)14(20)7-12-15(21)18-16(22)17-12/h6,9,12H,3-5,7-8H2,1-2H3,(H2,17,18,21,22)/t12-/m1/s1. The van der Waals surface area contributed by atoms with Crippen molar-refractivity contribution in [2.45, 2.75) is 58.2 Å². The van der Waals surface area contributed by atoms with Crippen molar-refractivity contribution in [3.63, 3.8) is 0 Å². The largest absolute Gasteiger partial charge is 0.335 e. The molecule has 1 fully saturated rings. The Morgan fingerprint density at radius 1 is 1.39 bits per heavy atom. The number of imide groups is 1. The topological polar surface area (TPSA) is 78.5 Å². The van der Waals surface area contributed by atoms with E-state index in [1.807, 2.05) is 13.8 Å². The second-order valence-electron chi connectivity index (χ2n) is 6.35. The summed E-state index contributed by atoms with van der Waals surface area (Å²) in [6, 6.07) is 0.961. The molecule has 1 aliphatic heterocycles. The first-order valence-corrected chi connectivity index (χ1v) is 8.77. The molecule has 2 heterocycles. The van der Waals surface area contributed by atoms with Gasteiger partial charge in [0.1, 0.15) is 6.04 Å². The zero-order valence-corrected chi connectivity index (χ0v) is 14.2. The second-order valence-corrected chi connectivity index (χ2v) is 7.57. The van der Waals surface area contributed by atoms with Crippen molar-refractivity contribution >= 4 is 29.2 Å². The number of rotatable bonds is 5. The molecule has 1 aromatic rings. The highest BCUT2D eigenvalue weighted by Gasteiger charge is 2.33. The third kappa shape index (κ3) is 3.39. The van der Waals surface area contributed by atoms with E-state index in [1.54, 1.807) is 16.2 Å². The zero-order valence-electron chi connectivity index (χ0n) is 13.3. The molecule has 4 amide bonds. The van der Waals surface area contributed by atoms with Gasteiger partial charge in [-0.15, -0.1) is 11.3 Å². The Morgan fingerprint density at radius 2 is 2.17 bits per heavy atom. The van der Waals surface area contributed by atoms with Crippen LogP contribution in [-0.2, 0) is 29.0 Å². The summed E-state index contributed by atoms with van der Waals surface area (Å²) >= 11 is 1.79. The van der Waals surface area contributed by atoms with Crippen molar-refractivity contribution in [1.29, 1.82) is 0 Å². The van der Waals surface area contributed by atoms with Gasteiger partial charge in [-0.2, -0.15) is 0 Å². The van der Waals surface area contributed by atoms with Crippen LogP contribution in [0.15, 0.2) is 6.07 Å². The molecule has 0 unspecified atom stereocenters. The van der Waals surface area contributed by atoms with Gasteiger partial charge in [0.25, 0.3) is 5.91 Å². The van der Waals surface area contributed by atoms with Gasteiger partial charge in [0.05, 0.1) is 13.0 Å². The summed E-state index contributed by atoms with van der Waals surface area (Å²) < 4.78 is 0. The molecule has 2 aliphatic rings. The Kier molecular flexibility index (Phi) is 4.39. The Morgan fingerprint density at radius 3 is 2.78 bits per heavy atom. The van der Waals surface area contributed by atoms with E-state index in [-0.39, 0.29) is 18.4 Å². The van der Waals surface area contributed by atoms with E-state index in [4.69, 9.17) is 0 Å². The van der Waals surface area contributed by atoms with Crippen molar-refractivity contribution in [2.24, 2.45) is 0 Å². The Labute approximate surface area is 139 Å². The number of fused-ring (bicyclic) bond motifs is 1. The van der Waals surface area contributed by atoms with Gasteiger partial charge in [-0.05, 0) is 44.7 Å². The summed E-state index contributed by atoms with van der Waals surface area (Å²) in [7, 11) is 0. The van der Waals surface area contributed by atoms with E-state index in [1.165, 1.54) is 21.7 Å². The van der Waals surface area contributed by atoms with Crippen molar-refractivity contribution < 1.29 is 14.4 Å². The molecular formula is C16H21N3O3S. The van der Waals surface area contributed by atoms with Crippen molar-refractivity contribution in [3.8, 4) is 0 Å². The number of amides is 4. The van der Waals surface area contributed by atoms with Crippen molar-refractivity contribution in [1.82, 2.24) is 15.5 Å². The predicted molar refractivity (Wildman–Crippen MR) is 87.1 cm³/mol. The van der Waals surface area contributed by atoms with Gasteiger partial charge in [-0.1, -0.05) is 0 Å². The van der Waals surface area contributed by atoms with Crippen LogP contribution in [0, 0.1) is 0 Å². The number of thiophene rings is 1. The summed E-state index contributed by atoms with van der Waals surface area (Å²) in [6.45, 7) is 4.50. The number of aryl methyl sites for hydroxylation is 2. The maximum absolute atomic E-state index is 12.6. The second kappa shape index (κ2) is 6.31. The maximum atomic E-state index is 12.6. The van der Waals surface area contributed by atoms with Crippen molar-refractivity contribution in [3.05, 3.63) is 21.4 Å². The minimum absolute atomic E-state index is 0.000836. The molecule has 0 radical (unpaired) electrons. The van der Waals surface area contributed by atoms with Gasteiger partial charge in [-0.3, -0.25) is 14.9 Å². The van der Waals surface area contributed by atoms with Crippen LogP contribution in [0.3, 0.4) is 0 Å². The molecule has 23 heavy (non-hydrogen) atoms. The van der Waals surface area contributed by atoms with Gasteiger partial charge in [0, 0.05) is 15.8 Å². The minimum Gasteiger partial charge on any atom is -0.335 e. The molecule has 1 aliphatic carbocycles. The number of nitrogens with zero attached hydrogens (tertiary/aromatic N) is 1. The molecule has 0 aromatic carbocycles. The van der Waals surface area contributed by atoms with E-state index >= 15 is 0 Å². The first-order chi connectivity index (χ1) is 10.9. The van der Waals surface area contributed by atoms with Crippen LogP contribution in [-0.4, -0.2) is 34.8 Å². The molecule has 1 saturated heterocycles. The minimum atomic E-state index is -0.760. The monoisotopic (exact) mass is 335 g/mol. The van der Waals surface area contributed by atoms with Crippen LogP contribution in [0.2, 0.25) is 0 Å². The summed E-state index contributed by atoms with van der Waals surface area (Å²) in [5.41, 5.74) is 1.42. The fraction of sp³-hybridized carbons (Fsp3) is 0.562. The summed E-state index contributed by atoms with van der Waals surface area (Å²) in [6.07, 6.45) is 3.51. The van der Waals surface area contributed by atoms with Gasteiger partial charge < -0.3 is 10.2 Å². The third-order valence-electron chi connectivity index (χ3n) is 4.30. The van der Waals surface area contributed by atoms with Crippen LogP contribution in [0.4, 0.5) is 4.79 Å². The van der Waals surface area contributed by atoms with Crippen LogP contribution in [0.5, 0.6) is 0 Å². The predicted octanol–water partition coefficient (Wildman–Crippen LogP) is 1.57. The fourth-order valence-corrected chi connectivity index (χ4v) is 4.35. The molecule has 6 nitrogen and oxygen atoms in total. The Hall–Kier alpha value is -1.89. The summed E-state index contributed by atoms with van der Waals surface area (Å²) in [5, 5.41) is 4.64. The summed E-state index contributed by atoms with van der Waals surface area (Å²) in [5.74, 6) is -0.543. The van der Waals surface area contributed by atoms with Crippen LogP contribution in [0.1, 0.15) is 42.0 Å². The number of urea groups is 1. The number of hydrogen-bond donors (Lipinski definition) is 2.